The quantitative estimate of drug-likeness (QED) is 0.171. The van der Waals surface area contributed by atoms with Crippen LogP contribution < -0.4 is 5.32 Å². The number of H-pyrrole nitrogens is 1. The molecule has 0 radical (unpaired) electrons. The van der Waals surface area contributed by atoms with Crippen molar-refractivity contribution in [2.75, 3.05) is 6.61 Å². The Morgan fingerprint density at radius 1 is 0.911 bits per heavy atom. The summed E-state index contributed by atoms with van der Waals surface area (Å²) in [6.45, 7) is 1.93. The lowest BCUT2D eigenvalue weighted by Crippen LogP contribution is -2.56. The minimum absolute atomic E-state index is 0.00552. The first-order chi connectivity index (χ1) is 21.9. The van der Waals surface area contributed by atoms with E-state index in [0.717, 1.165) is 41.6 Å². The lowest BCUT2D eigenvalue weighted by Gasteiger charge is -2.55. The van der Waals surface area contributed by atoms with Gasteiger partial charge in [-0.05, 0) is 111 Å². The first-order valence-electron chi connectivity index (χ1n) is 17.5. The monoisotopic (exact) mass is 608 g/mol. The normalized spacial score (nSPS) is 29.4. The SMILES string of the molecule is CCCC1CCC(c2ccc(C(=O)COC(=O)[C@@H](Cc3c[nH]c4ccccc34)NC(=O)C34CC5CC(CC(C5)C3)C4)cc2)CC1. The fourth-order valence-corrected chi connectivity index (χ4v) is 9.87. The standard InChI is InChI=1S/C39H48N2O4/c1-2-5-25-8-10-29(11-9-25)30-12-14-31(15-13-30)36(42)24-45-37(43)35(19-32-23-40-34-7-4-3-6-33(32)34)41-38(44)39-20-26-16-27(21-39)18-28(17-26)22-39/h3-4,6-7,12-15,23,25-29,35,40H,2,5,8-11,16-22,24H2,1H3,(H,41,44)/t25?,26?,27?,28?,29?,35-,39?/m1/s1. The number of nitrogens with one attached hydrogen (secondary N) is 2. The van der Waals surface area contributed by atoms with Gasteiger partial charge in [0.1, 0.15) is 6.04 Å². The van der Waals surface area contributed by atoms with Crippen LogP contribution in [-0.2, 0) is 20.7 Å². The molecule has 5 saturated carbocycles. The molecule has 1 aromatic heterocycles. The molecule has 8 rings (SSSR count). The number of Topliss-reactive ketones (excluding diaryl/α,β-unsaturated/α-hetero) is 1. The van der Waals surface area contributed by atoms with Gasteiger partial charge in [-0.2, -0.15) is 0 Å². The summed E-state index contributed by atoms with van der Waals surface area (Å²) < 4.78 is 5.67. The molecule has 5 aliphatic carbocycles. The average Bonchev–Trinajstić information content (AvgIpc) is 3.46. The molecular formula is C39H48N2O4. The second-order valence-corrected chi connectivity index (χ2v) is 14.9. The van der Waals surface area contributed by atoms with E-state index < -0.39 is 12.0 Å². The van der Waals surface area contributed by atoms with Crippen molar-refractivity contribution in [3.8, 4) is 0 Å². The van der Waals surface area contributed by atoms with E-state index in [1.165, 1.54) is 63.4 Å². The number of carbonyl (C=O) groups excluding carboxylic acids is 3. The van der Waals surface area contributed by atoms with Crippen molar-refractivity contribution in [1.29, 1.82) is 0 Å². The molecule has 0 saturated heterocycles. The summed E-state index contributed by atoms with van der Waals surface area (Å²) in [6.07, 6.45) is 16.3. The van der Waals surface area contributed by atoms with Crippen LogP contribution in [0.15, 0.2) is 54.7 Å². The zero-order valence-corrected chi connectivity index (χ0v) is 26.7. The molecule has 45 heavy (non-hydrogen) atoms. The highest BCUT2D eigenvalue weighted by Gasteiger charge is 2.55. The Labute approximate surface area is 267 Å². The van der Waals surface area contributed by atoms with E-state index in [1.54, 1.807) is 0 Å². The molecule has 1 atom stereocenters. The van der Waals surface area contributed by atoms with Crippen molar-refractivity contribution in [3.63, 3.8) is 0 Å². The number of rotatable bonds is 11. The molecular weight excluding hydrogens is 560 g/mol. The number of esters is 1. The Bertz CT molecular complexity index is 1490. The predicted molar refractivity (Wildman–Crippen MR) is 176 cm³/mol. The van der Waals surface area contributed by atoms with Gasteiger partial charge in [-0.25, -0.2) is 4.79 Å². The number of para-hydroxylation sites is 1. The maximum absolute atomic E-state index is 14.0. The first-order valence-corrected chi connectivity index (χ1v) is 17.5. The van der Waals surface area contributed by atoms with Gasteiger partial charge in [0.05, 0.1) is 0 Å². The zero-order valence-electron chi connectivity index (χ0n) is 26.7. The van der Waals surface area contributed by atoms with Crippen LogP contribution in [0.5, 0.6) is 0 Å². The molecule has 238 valence electrons. The Morgan fingerprint density at radius 2 is 1.58 bits per heavy atom. The van der Waals surface area contributed by atoms with Gasteiger partial charge in [0.2, 0.25) is 5.91 Å². The van der Waals surface area contributed by atoms with Gasteiger partial charge in [-0.15, -0.1) is 0 Å². The number of hydrogen-bond acceptors (Lipinski definition) is 4. The van der Waals surface area contributed by atoms with Gasteiger partial charge in [0, 0.05) is 34.5 Å². The first kappa shape index (κ1) is 30.3. The number of benzene rings is 2. The highest BCUT2D eigenvalue weighted by molar-refractivity contribution is 5.98. The van der Waals surface area contributed by atoms with E-state index in [4.69, 9.17) is 4.74 Å². The van der Waals surface area contributed by atoms with Crippen molar-refractivity contribution in [2.45, 2.75) is 102 Å². The smallest absolute Gasteiger partial charge is 0.329 e. The number of carbonyl (C=O) groups is 3. The molecule has 3 aromatic rings. The fraction of sp³-hybridized carbons (Fsp3) is 0.564. The second-order valence-electron chi connectivity index (χ2n) is 14.9. The minimum atomic E-state index is -0.859. The summed E-state index contributed by atoms with van der Waals surface area (Å²) in [7, 11) is 0. The summed E-state index contributed by atoms with van der Waals surface area (Å²) >= 11 is 0. The number of ether oxygens (including phenoxy) is 1. The maximum atomic E-state index is 14.0. The molecule has 5 fully saturated rings. The minimum Gasteiger partial charge on any atom is -0.456 e. The van der Waals surface area contributed by atoms with Gasteiger partial charge in [0.25, 0.3) is 0 Å². The van der Waals surface area contributed by atoms with Crippen LogP contribution in [0.1, 0.15) is 111 Å². The largest absolute Gasteiger partial charge is 0.456 e. The summed E-state index contributed by atoms with van der Waals surface area (Å²) in [5.41, 5.74) is 3.41. The third-order valence-electron chi connectivity index (χ3n) is 11.8. The zero-order chi connectivity index (χ0) is 31.0. The molecule has 2 aromatic carbocycles. The molecule has 2 N–H and O–H groups in total. The Balaban J connectivity index is 1.01. The van der Waals surface area contributed by atoms with Crippen LogP contribution in [0.4, 0.5) is 0 Å². The lowest BCUT2D eigenvalue weighted by molar-refractivity contribution is -0.153. The van der Waals surface area contributed by atoms with Crippen LogP contribution in [0.2, 0.25) is 0 Å². The molecule has 1 heterocycles. The number of hydrogen-bond donors (Lipinski definition) is 2. The van der Waals surface area contributed by atoms with E-state index in [2.05, 4.69) is 29.4 Å². The number of aromatic amines is 1. The van der Waals surface area contributed by atoms with Gasteiger partial charge in [-0.3, -0.25) is 9.59 Å². The summed E-state index contributed by atoms with van der Waals surface area (Å²) in [5.74, 6) is 2.52. The lowest BCUT2D eigenvalue weighted by atomic mass is 9.49. The maximum Gasteiger partial charge on any atom is 0.329 e. The van der Waals surface area contributed by atoms with E-state index in [9.17, 15) is 14.4 Å². The highest BCUT2D eigenvalue weighted by atomic mass is 16.5. The number of amides is 1. The highest BCUT2D eigenvalue weighted by Crippen LogP contribution is 2.60. The Kier molecular flexibility index (Phi) is 8.58. The summed E-state index contributed by atoms with van der Waals surface area (Å²) in [6, 6.07) is 15.0. The van der Waals surface area contributed by atoms with Crippen molar-refractivity contribution in [3.05, 3.63) is 71.4 Å². The molecule has 1 amide bonds. The van der Waals surface area contributed by atoms with Crippen molar-refractivity contribution < 1.29 is 19.1 Å². The molecule has 0 unspecified atom stereocenters. The van der Waals surface area contributed by atoms with Crippen molar-refractivity contribution >= 4 is 28.6 Å². The third kappa shape index (κ3) is 6.35. The summed E-state index contributed by atoms with van der Waals surface area (Å²) in [5, 5.41) is 4.18. The predicted octanol–water partition coefficient (Wildman–Crippen LogP) is 7.91. The Hall–Kier alpha value is -3.41. The molecule has 5 aliphatic rings. The van der Waals surface area contributed by atoms with E-state index in [0.29, 0.717) is 35.7 Å². The van der Waals surface area contributed by atoms with Gasteiger partial charge in [-0.1, -0.05) is 62.2 Å². The van der Waals surface area contributed by atoms with Gasteiger partial charge < -0.3 is 15.0 Å². The van der Waals surface area contributed by atoms with E-state index in [1.807, 2.05) is 42.6 Å². The van der Waals surface area contributed by atoms with Crippen LogP contribution >= 0.6 is 0 Å². The van der Waals surface area contributed by atoms with Crippen LogP contribution in [0.25, 0.3) is 10.9 Å². The molecule has 4 bridgehead atoms. The van der Waals surface area contributed by atoms with Crippen molar-refractivity contribution in [1.82, 2.24) is 10.3 Å². The molecule has 0 spiro atoms. The Morgan fingerprint density at radius 3 is 2.24 bits per heavy atom. The summed E-state index contributed by atoms with van der Waals surface area (Å²) in [4.78, 5) is 44.1. The topological polar surface area (TPSA) is 88.3 Å². The molecule has 0 aliphatic heterocycles. The fourth-order valence-electron chi connectivity index (χ4n) is 9.87. The van der Waals surface area contributed by atoms with Gasteiger partial charge >= 0.3 is 5.97 Å². The number of ketones is 1. The van der Waals surface area contributed by atoms with Crippen molar-refractivity contribution in [2.24, 2.45) is 29.1 Å². The third-order valence-corrected chi connectivity index (χ3v) is 11.8. The van der Waals surface area contributed by atoms with Crippen LogP contribution in [-0.4, -0.2) is 35.3 Å². The van der Waals surface area contributed by atoms with Crippen LogP contribution in [0.3, 0.4) is 0 Å². The van der Waals surface area contributed by atoms with E-state index in [-0.39, 0.29) is 23.7 Å². The van der Waals surface area contributed by atoms with Gasteiger partial charge in [0.15, 0.2) is 12.4 Å². The molecule has 6 heteroatoms. The average molecular weight is 609 g/mol. The van der Waals surface area contributed by atoms with E-state index >= 15 is 0 Å². The number of fused-ring (bicyclic) bond motifs is 1. The second kappa shape index (κ2) is 12.8. The van der Waals surface area contributed by atoms with Crippen LogP contribution in [0, 0.1) is 29.1 Å². The number of aromatic nitrogens is 1. The molecule has 6 nitrogen and oxygen atoms in total.